The van der Waals surface area contributed by atoms with Gasteiger partial charge in [-0.05, 0) is 30.9 Å². The van der Waals surface area contributed by atoms with Gasteiger partial charge in [-0.1, -0.05) is 66.7 Å². The Labute approximate surface area is 201 Å². The normalized spacial score (nSPS) is 11.3. The van der Waals surface area contributed by atoms with Crippen molar-refractivity contribution in [1.29, 1.82) is 0 Å². The first kappa shape index (κ1) is 22.3. The molecule has 0 radical (unpaired) electrons. The Kier molecular flexibility index (Phi) is 5.78. The smallest absolute Gasteiger partial charge is 0.324 e. The molecule has 35 heavy (non-hydrogen) atoms. The average molecular weight is 468 g/mol. The molecule has 176 valence electrons. The van der Waals surface area contributed by atoms with Gasteiger partial charge in [-0.25, -0.2) is 4.79 Å². The molecule has 3 aromatic carbocycles. The van der Waals surface area contributed by atoms with Crippen LogP contribution in [-0.2, 0) is 24.4 Å². The maximum Gasteiger partial charge on any atom is 0.332 e. The molecule has 5 rings (SSSR count). The molecule has 1 amide bonds. The van der Waals surface area contributed by atoms with Crippen LogP contribution >= 0.6 is 0 Å². The van der Waals surface area contributed by atoms with Crippen molar-refractivity contribution in [2.45, 2.75) is 33.5 Å². The van der Waals surface area contributed by atoms with E-state index in [1.54, 1.807) is 11.6 Å². The van der Waals surface area contributed by atoms with E-state index >= 15 is 0 Å². The summed E-state index contributed by atoms with van der Waals surface area (Å²) in [5, 5.41) is 9.31. The molecule has 0 unspecified atom stereocenters. The van der Waals surface area contributed by atoms with Gasteiger partial charge < -0.3 is 5.32 Å². The fourth-order valence-corrected chi connectivity index (χ4v) is 4.51. The molecule has 0 atom stereocenters. The van der Waals surface area contributed by atoms with Crippen LogP contribution in [0.2, 0.25) is 0 Å². The summed E-state index contributed by atoms with van der Waals surface area (Å²) in [6.07, 6.45) is 0. The van der Waals surface area contributed by atoms with Crippen LogP contribution in [0, 0.1) is 6.92 Å². The van der Waals surface area contributed by atoms with Crippen LogP contribution in [0.1, 0.15) is 18.2 Å². The summed E-state index contributed by atoms with van der Waals surface area (Å²) in [5.41, 5.74) is 1.76. The Morgan fingerprint density at radius 1 is 0.886 bits per heavy atom. The highest BCUT2D eigenvalue weighted by atomic mass is 16.2. The molecule has 5 aromatic rings. The summed E-state index contributed by atoms with van der Waals surface area (Å²) in [6, 6.07) is 22.7. The number of nitrogens with zero attached hydrogens (tertiary/aromatic N) is 4. The van der Waals surface area contributed by atoms with Crippen LogP contribution in [0.15, 0.2) is 82.4 Å². The number of aromatic nitrogens is 4. The number of anilines is 1. The van der Waals surface area contributed by atoms with Gasteiger partial charge >= 0.3 is 5.69 Å². The summed E-state index contributed by atoms with van der Waals surface area (Å²) in [7, 11) is 0. The predicted molar refractivity (Wildman–Crippen MR) is 137 cm³/mol. The van der Waals surface area contributed by atoms with E-state index in [4.69, 9.17) is 0 Å². The van der Waals surface area contributed by atoms with Gasteiger partial charge in [0.15, 0.2) is 5.52 Å². The lowest BCUT2D eigenvalue weighted by molar-refractivity contribution is -0.116. The zero-order chi connectivity index (χ0) is 24.5. The Morgan fingerprint density at radius 3 is 2.37 bits per heavy atom. The highest BCUT2D eigenvalue weighted by Gasteiger charge is 2.22. The largest absolute Gasteiger partial charge is 0.332 e. The molecule has 0 saturated heterocycles. The van der Waals surface area contributed by atoms with Crippen LogP contribution in [0.5, 0.6) is 0 Å². The lowest BCUT2D eigenvalue weighted by Gasteiger charge is -2.14. The zero-order valence-corrected chi connectivity index (χ0v) is 19.6. The van der Waals surface area contributed by atoms with Crippen LogP contribution in [0.3, 0.4) is 0 Å². The first-order chi connectivity index (χ1) is 17.0. The average Bonchev–Trinajstić information content (AvgIpc) is 3.21. The van der Waals surface area contributed by atoms with Crippen molar-refractivity contribution in [3.05, 3.63) is 105 Å². The minimum Gasteiger partial charge on any atom is -0.324 e. The number of aryl methyl sites for hydroxylation is 2. The van der Waals surface area contributed by atoms with Crippen molar-refractivity contribution in [3.63, 3.8) is 0 Å². The van der Waals surface area contributed by atoms with Crippen LogP contribution < -0.4 is 16.6 Å². The number of nitrogens with one attached hydrogen (secondary N) is 1. The second-order valence-corrected chi connectivity index (χ2v) is 8.42. The molecule has 0 saturated carbocycles. The lowest BCUT2D eigenvalue weighted by atomic mass is 10.1. The summed E-state index contributed by atoms with van der Waals surface area (Å²) >= 11 is 0. The van der Waals surface area contributed by atoms with E-state index in [1.807, 2.05) is 79.7 Å². The standard InChI is InChI=1S/C27H25N5O3/c1-3-32-25-24(18(2)29-32)30(27(35)31(26(25)34)16-19-10-5-4-6-11-19)17-23(33)28-22-15-9-13-20-12-7-8-14-21(20)22/h4-15H,3,16-17H2,1-2H3,(H,28,33). The van der Waals surface area contributed by atoms with E-state index in [9.17, 15) is 14.4 Å². The molecule has 0 aliphatic carbocycles. The van der Waals surface area contributed by atoms with Gasteiger partial charge in [-0.15, -0.1) is 0 Å². The first-order valence-corrected chi connectivity index (χ1v) is 11.5. The van der Waals surface area contributed by atoms with Gasteiger partial charge in [-0.3, -0.25) is 23.4 Å². The molecule has 1 N–H and O–H groups in total. The van der Waals surface area contributed by atoms with E-state index in [-0.39, 0.29) is 19.0 Å². The van der Waals surface area contributed by atoms with Crippen LogP contribution in [0.25, 0.3) is 21.8 Å². The third-order valence-corrected chi connectivity index (χ3v) is 6.12. The highest BCUT2D eigenvalue weighted by molar-refractivity contribution is 6.02. The minimum absolute atomic E-state index is 0.104. The Hall–Kier alpha value is -4.46. The van der Waals surface area contributed by atoms with E-state index in [0.29, 0.717) is 29.0 Å². The van der Waals surface area contributed by atoms with Crippen molar-refractivity contribution in [2.24, 2.45) is 0 Å². The fraction of sp³-hybridized carbons (Fsp3) is 0.185. The number of amides is 1. The van der Waals surface area contributed by atoms with Crippen molar-refractivity contribution >= 4 is 33.4 Å². The Bertz CT molecular complexity index is 1670. The van der Waals surface area contributed by atoms with E-state index < -0.39 is 11.2 Å². The molecule has 8 nitrogen and oxygen atoms in total. The summed E-state index contributed by atoms with van der Waals surface area (Å²) in [6.45, 7) is 3.95. The monoisotopic (exact) mass is 467 g/mol. The molecule has 0 aliphatic heterocycles. The molecule has 0 bridgehead atoms. The molecule has 0 fully saturated rings. The molecule has 8 heteroatoms. The number of hydrogen-bond donors (Lipinski definition) is 1. The maximum absolute atomic E-state index is 13.6. The third-order valence-electron chi connectivity index (χ3n) is 6.12. The van der Waals surface area contributed by atoms with E-state index in [2.05, 4.69) is 10.4 Å². The first-order valence-electron chi connectivity index (χ1n) is 11.5. The topological polar surface area (TPSA) is 90.9 Å². The van der Waals surface area contributed by atoms with Crippen molar-refractivity contribution < 1.29 is 4.79 Å². The van der Waals surface area contributed by atoms with Gasteiger partial charge in [0.2, 0.25) is 5.91 Å². The molecular formula is C27H25N5O3. The Morgan fingerprint density at radius 2 is 1.60 bits per heavy atom. The second kappa shape index (κ2) is 9.06. The van der Waals surface area contributed by atoms with Crippen molar-refractivity contribution in [3.8, 4) is 0 Å². The molecule has 0 aliphatic rings. The molecular weight excluding hydrogens is 442 g/mol. The number of fused-ring (bicyclic) bond motifs is 2. The van der Waals surface area contributed by atoms with Gasteiger partial charge in [0, 0.05) is 17.6 Å². The van der Waals surface area contributed by atoms with E-state index in [1.165, 1.54) is 9.13 Å². The van der Waals surface area contributed by atoms with Crippen LogP contribution in [-0.4, -0.2) is 24.8 Å². The predicted octanol–water partition coefficient (Wildman–Crippen LogP) is 3.53. The number of carbonyl (C=O) groups excluding carboxylic acids is 1. The zero-order valence-electron chi connectivity index (χ0n) is 19.6. The quantitative estimate of drug-likeness (QED) is 0.414. The lowest BCUT2D eigenvalue weighted by Crippen LogP contribution is -2.42. The second-order valence-electron chi connectivity index (χ2n) is 8.42. The summed E-state index contributed by atoms with van der Waals surface area (Å²) < 4.78 is 4.12. The summed E-state index contributed by atoms with van der Waals surface area (Å²) in [5.74, 6) is -0.363. The third kappa shape index (κ3) is 4.03. The molecule has 0 spiro atoms. The van der Waals surface area contributed by atoms with E-state index in [0.717, 1.165) is 16.3 Å². The summed E-state index contributed by atoms with van der Waals surface area (Å²) in [4.78, 5) is 40.2. The minimum atomic E-state index is -0.543. The fourth-order valence-electron chi connectivity index (χ4n) is 4.51. The number of rotatable bonds is 6. The van der Waals surface area contributed by atoms with Crippen molar-refractivity contribution in [2.75, 3.05) is 5.32 Å². The van der Waals surface area contributed by atoms with Gasteiger partial charge in [0.05, 0.1) is 12.2 Å². The molecule has 2 heterocycles. The highest BCUT2D eigenvalue weighted by Crippen LogP contribution is 2.23. The molecule has 2 aromatic heterocycles. The van der Waals surface area contributed by atoms with Gasteiger partial charge in [-0.2, -0.15) is 5.10 Å². The van der Waals surface area contributed by atoms with Crippen molar-refractivity contribution in [1.82, 2.24) is 18.9 Å². The number of benzene rings is 3. The SMILES string of the molecule is CCn1nc(C)c2c1c(=O)n(Cc1ccccc1)c(=O)n2CC(=O)Nc1cccc2ccccc12. The Balaban J connectivity index is 1.61. The number of hydrogen-bond acceptors (Lipinski definition) is 4. The van der Waals surface area contributed by atoms with Gasteiger partial charge in [0.1, 0.15) is 12.1 Å². The van der Waals surface area contributed by atoms with Gasteiger partial charge in [0.25, 0.3) is 5.56 Å². The van der Waals surface area contributed by atoms with Crippen LogP contribution in [0.4, 0.5) is 5.69 Å². The number of carbonyl (C=O) groups is 1. The maximum atomic E-state index is 13.6.